The molecule has 0 bridgehead atoms. The van der Waals surface area contributed by atoms with Gasteiger partial charge in [-0.25, -0.2) is 4.98 Å². The van der Waals surface area contributed by atoms with Crippen molar-refractivity contribution in [3.05, 3.63) is 11.1 Å². The first kappa shape index (κ1) is 22.2. The normalized spacial score (nSPS) is 19.9. The van der Waals surface area contributed by atoms with Gasteiger partial charge < -0.3 is 10.6 Å². The molecular formula is C16H26Cl2N4O2S. The van der Waals surface area contributed by atoms with Crippen LogP contribution < -0.4 is 15.5 Å². The van der Waals surface area contributed by atoms with Gasteiger partial charge in [0.1, 0.15) is 0 Å². The molecule has 2 amide bonds. The maximum absolute atomic E-state index is 12.0. The molecule has 1 atom stereocenters. The van der Waals surface area contributed by atoms with Crippen LogP contribution in [0.2, 0.25) is 0 Å². The van der Waals surface area contributed by atoms with Crippen molar-refractivity contribution < 1.29 is 9.59 Å². The Balaban J connectivity index is 0.00000156. The Morgan fingerprint density at radius 3 is 2.92 bits per heavy atom. The molecule has 9 heteroatoms. The van der Waals surface area contributed by atoms with E-state index < -0.39 is 0 Å². The summed E-state index contributed by atoms with van der Waals surface area (Å²) < 4.78 is 0. The van der Waals surface area contributed by atoms with E-state index in [1.165, 1.54) is 24.2 Å². The number of carbonyl (C=O) groups is 2. The molecule has 2 saturated heterocycles. The fourth-order valence-corrected chi connectivity index (χ4v) is 4.03. The molecule has 0 aliphatic carbocycles. The van der Waals surface area contributed by atoms with E-state index in [9.17, 15) is 9.59 Å². The molecule has 1 aromatic rings. The quantitative estimate of drug-likeness (QED) is 0.755. The zero-order valence-corrected chi connectivity index (χ0v) is 16.6. The number of nitrogens with zero attached hydrogens (tertiary/aromatic N) is 2. The van der Waals surface area contributed by atoms with Crippen molar-refractivity contribution in [2.75, 3.05) is 31.1 Å². The number of anilines is 1. The molecule has 3 rings (SSSR count). The third kappa shape index (κ3) is 6.40. The summed E-state index contributed by atoms with van der Waals surface area (Å²) in [6.07, 6.45) is 5.30. The van der Waals surface area contributed by atoms with E-state index in [0.29, 0.717) is 18.8 Å². The van der Waals surface area contributed by atoms with Crippen molar-refractivity contribution >= 4 is 53.1 Å². The highest BCUT2D eigenvalue weighted by Gasteiger charge is 2.24. The van der Waals surface area contributed by atoms with Crippen molar-refractivity contribution in [1.29, 1.82) is 0 Å². The Morgan fingerprint density at radius 1 is 1.40 bits per heavy atom. The third-order valence-corrected chi connectivity index (χ3v) is 5.37. The minimum atomic E-state index is 0. The number of hydrogen-bond acceptors (Lipinski definition) is 5. The maximum atomic E-state index is 12.0. The van der Waals surface area contributed by atoms with Crippen LogP contribution in [0.3, 0.4) is 0 Å². The molecule has 2 N–H and O–H groups in total. The number of aromatic nitrogens is 1. The lowest BCUT2D eigenvalue weighted by Crippen LogP contribution is -2.33. The molecular weight excluding hydrogens is 383 g/mol. The first-order chi connectivity index (χ1) is 11.2. The third-order valence-electron chi connectivity index (χ3n) is 4.46. The van der Waals surface area contributed by atoms with Gasteiger partial charge in [-0.3, -0.25) is 14.5 Å². The highest BCUT2D eigenvalue weighted by molar-refractivity contribution is 7.14. The molecule has 2 fully saturated rings. The lowest BCUT2D eigenvalue weighted by Gasteiger charge is -2.22. The standard InChI is InChI=1S/C16H24N4O2S.2ClH/c21-14(18-7-5-12-3-1-6-17-10-12)9-13-11-23-16(19-13)20-8-2-4-15(20)22;;/h11-12,17H,1-10H2,(H,18,21);2*1H. The van der Waals surface area contributed by atoms with E-state index in [1.54, 1.807) is 4.90 Å². The number of carbonyl (C=O) groups excluding carboxylic acids is 2. The van der Waals surface area contributed by atoms with Crippen LogP contribution in [0, 0.1) is 5.92 Å². The number of nitrogens with one attached hydrogen (secondary N) is 2. The summed E-state index contributed by atoms with van der Waals surface area (Å²) in [6, 6.07) is 0. The Hall–Kier alpha value is -0.890. The van der Waals surface area contributed by atoms with Gasteiger partial charge >= 0.3 is 0 Å². The number of amides is 2. The van der Waals surface area contributed by atoms with Gasteiger partial charge in [-0.15, -0.1) is 36.2 Å². The molecule has 0 saturated carbocycles. The van der Waals surface area contributed by atoms with Crippen LogP contribution in [-0.2, 0) is 16.0 Å². The zero-order chi connectivity index (χ0) is 16.1. The summed E-state index contributed by atoms with van der Waals surface area (Å²) in [5.41, 5.74) is 0.751. The highest BCUT2D eigenvalue weighted by Crippen LogP contribution is 2.25. The Kier molecular flexibility index (Phi) is 9.71. The number of rotatable bonds is 6. The second-order valence-electron chi connectivity index (χ2n) is 6.30. The van der Waals surface area contributed by atoms with Gasteiger partial charge in [0.15, 0.2) is 5.13 Å². The van der Waals surface area contributed by atoms with Crippen LogP contribution in [0.4, 0.5) is 5.13 Å². The summed E-state index contributed by atoms with van der Waals surface area (Å²) in [4.78, 5) is 29.9. The number of halogens is 2. The minimum absolute atomic E-state index is 0. The molecule has 25 heavy (non-hydrogen) atoms. The van der Waals surface area contributed by atoms with Crippen molar-refractivity contribution in [1.82, 2.24) is 15.6 Å². The number of hydrogen-bond donors (Lipinski definition) is 2. The molecule has 142 valence electrons. The van der Waals surface area contributed by atoms with Crippen LogP contribution in [0.5, 0.6) is 0 Å². The van der Waals surface area contributed by atoms with Gasteiger partial charge in [-0.1, -0.05) is 0 Å². The summed E-state index contributed by atoms with van der Waals surface area (Å²) >= 11 is 1.44. The molecule has 2 aliphatic heterocycles. The van der Waals surface area contributed by atoms with E-state index in [2.05, 4.69) is 15.6 Å². The largest absolute Gasteiger partial charge is 0.356 e. The minimum Gasteiger partial charge on any atom is -0.356 e. The van der Waals surface area contributed by atoms with Crippen molar-refractivity contribution in [2.24, 2.45) is 5.92 Å². The van der Waals surface area contributed by atoms with Crippen LogP contribution in [-0.4, -0.2) is 43.0 Å². The van der Waals surface area contributed by atoms with Gasteiger partial charge in [0.25, 0.3) is 0 Å². The molecule has 3 heterocycles. The van der Waals surface area contributed by atoms with Gasteiger partial charge in [-0.2, -0.15) is 0 Å². The second kappa shape index (κ2) is 11.0. The topological polar surface area (TPSA) is 74.3 Å². The fourth-order valence-electron chi connectivity index (χ4n) is 3.16. The summed E-state index contributed by atoms with van der Waals surface area (Å²) in [5, 5.41) is 8.98. The Bertz CT molecular complexity index is 564. The second-order valence-corrected chi connectivity index (χ2v) is 7.13. The van der Waals surface area contributed by atoms with E-state index >= 15 is 0 Å². The zero-order valence-electron chi connectivity index (χ0n) is 14.2. The van der Waals surface area contributed by atoms with E-state index in [1.807, 2.05) is 5.38 Å². The highest BCUT2D eigenvalue weighted by atomic mass is 35.5. The lowest BCUT2D eigenvalue weighted by molar-refractivity contribution is -0.120. The molecule has 1 aromatic heterocycles. The van der Waals surface area contributed by atoms with Crippen LogP contribution in [0.15, 0.2) is 5.38 Å². The molecule has 1 unspecified atom stereocenters. The molecule has 0 aromatic carbocycles. The molecule has 6 nitrogen and oxygen atoms in total. The van der Waals surface area contributed by atoms with Crippen molar-refractivity contribution in [3.63, 3.8) is 0 Å². The van der Waals surface area contributed by atoms with Gasteiger partial charge in [0.05, 0.1) is 12.1 Å². The van der Waals surface area contributed by atoms with Crippen molar-refractivity contribution in [3.8, 4) is 0 Å². The predicted octanol–water partition coefficient (Wildman–Crippen LogP) is 2.16. The van der Waals surface area contributed by atoms with E-state index in [-0.39, 0.29) is 36.6 Å². The van der Waals surface area contributed by atoms with E-state index in [4.69, 9.17) is 0 Å². The summed E-state index contributed by atoms with van der Waals surface area (Å²) in [6.45, 7) is 3.66. The van der Waals surface area contributed by atoms with E-state index in [0.717, 1.165) is 49.8 Å². The average Bonchev–Trinajstić information content (AvgIpc) is 3.17. The first-order valence-electron chi connectivity index (χ1n) is 8.44. The fraction of sp³-hybridized carbons (Fsp3) is 0.688. The van der Waals surface area contributed by atoms with Gasteiger partial charge in [0.2, 0.25) is 11.8 Å². The smallest absolute Gasteiger partial charge is 0.228 e. The summed E-state index contributed by atoms with van der Waals surface area (Å²) in [5.74, 6) is 0.825. The Morgan fingerprint density at radius 2 is 2.24 bits per heavy atom. The lowest BCUT2D eigenvalue weighted by atomic mass is 9.96. The first-order valence-corrected chi connectivity index (χ1v) is 9.32. The Labute approximate surface area is 165 Å². The van der Waals surface area contributed by atoms with Gasteiger partial charge in [0, 0.05) is 24.9 Å². The van der Waals surface area contributed by atoms with Crippen LogP contribution >= 0.6 is 36.2 Å². The van der Waals surface area contributed by atoms with Crippen LogP contribution in [0.1, 0.15) is 37.8 Å². The van der Waals surface area contributed by atoms with Crippen LogP contribution in [0.25, 0.3) is 0 Å². The average molecular weight is 409 g/mol. The number of piperidine rings is 1. The van der Waals surface area contributed by atoms with Crippen molar-refractivity contribution in [2.45, 2.75) is 38.5 Å². The predicted molar refractivity (Wildman–Crippen MR) is 105 cm³/mol. The molecule has 0 spiro atoms. The summed E-state index contributed by atoms with van der Waals surface area (Å²) in [7, 11) is 0. The molecule has 2 aliphatic rings. The van der Waals surface area contributed by atoms with Gasteiger partial charge in [-0.05, 0) is 44.7 Å². The SMILES string of the molecule is Cl.Cl.O=C(Cc1csc(N2CCCC2=O)n1)NCCC1CCCNC1. The monoisotopic (exact) mass is 408 g/mol. The molecule has 0 radical (unpaired) electrons. The maximum Gasteiger partial charge on any atom is 0.228 e. The number of thiazole rings is 1.